The van der Waals surface area contributed by atoms with Crippen LogP contribution in [0.4, 0.5) is 5.69 Å². The highest BCUT2D eigenvalue weighted by molar-refractivity contribution is 6.00. The van der Waals surface area contributed by atoms with Gasteiger partial charge in [-0.1, -0.05) is 72.4 Å². The van der Waals surface area contributed by atoms with Gasteiger partial charge in [-0.15, -0.1) is 0 Å². The molecule has 45 heavy (non-hydrogen) atoms. The summed E-state index contributed by atoms with van der Waals surface area (Å²) in [6, 6.07) is 15.5. The lowest BCUT2D eigenvalue weighted by molar-refractivity contribution is 0.204. The first-order valence-corrected chi connectivity index (χ1v) is 17.2. The molecule has 0 bridgehead atoms. The summed E-state index contributed by atoms with van der Waals surface area (Å²) in [7, 11) is 4.86. The van der Waals surface area contributed by atoms with Crippen molar-refractivity contribution >= 4 is 18.1 Å². The molecule has 1 heterocycles. The van der Waals surface area contributed by atoms with E-state index in [4.69, 9.17) is 20.3 Å². The lowest BCUT2D eigenvalue weighted by Gasteiger charge is -2.33. The van der Waals surface area contributed by atoms with E-state index in [2.05, 4.69) is 87.2 Å². The second kappa shape index (κ2) is 26.5. The minimum atomic E-state index is 0.335. The predicted molar refractivity (Wildman–Crippen MR) is 197 cm³/mol. The summed E-state index contributed by atoms with van der Waals surface area (Å²) < 4.78 is 10.8. The molecule has 0 saturated carbocycles. The van der Waals surface area contributed by atoms with Crippen LogP contribution in [-0.4, -0.2) is 71.4 Å². The Morgan fingerprint density at radius 3 is 2.11 bits per heavy atom. The Balaban J connectivity index is 0.00000256. The van der Waals surface area contributed by atoms with Crippen molar-refractivity contribution in [1.29, 1.82) is 10.8 Å². The Bertz CT molecular complexity index is 1010. The van der Waals surface area contributed by atoms with Crippen molar-refractivity contribution in [2.75, 3.05) is 59.0 Å². The summed E-state index contributed by atoms with van der Waals surface area (Å²) in [5.41, 5.74) is 10.0. The molecule has 256 valence electrons. The van der Waals surface area contributed by atoms with Crippen molar-refractivity contribution in [2.24, 2.45) is 11.7 Å². The molecule has 2 aromatic rings. The minimum absolute atomic E-state index is 0.335. The van der Waals surface area contributed by atoms with Crippen LogP contribution in [0.25, 0.3) is 0 Å². The number of unbranched alkanes of at least 4 members (excludes halogenated alkanes) is 1. The van der Waals surface area contributed by atoms with Gasteiger partial charge in [0.25, 0.3) is 0 Å². The zero-order valence-corrected chi connectivity index (χ0v) is 30.1. The molecular formula is C38H67N5O2. The van der Waals surface area contributed by atoms with Crippen LogP contribution in [0, 0.1) is 16.7 Å². The summed E-state index contributed by atoms with van der Waals surface area (Å²) in [6.45, 7) is 19.4. The number of nitrogens with one attached hydrogen (secondary N) is 2. The van der Waals surface area contributed by atoms with Gasteiger partial charge >= 0.3 is 0 Å². The Hall–Kier alpha value is -2.74. The molecule has 0 amide bonds. The first kappa shape index (κ1) is 42.3. The van der Waals surface area contributed by atoms with E-state index in [1.807, 2.05) is 12.1 Å². The van der Waals surface area contributed by atoms with Gasteiger partial charge in [0, 0.05) is 38.0 Å². The van der Waals surface area contributed by atoms with Crippen molar-refractivity contribution in [3.05, 3.63) is 59.2 Å². The van der Waals surface area contributed by atoms with E-state index in [-0.39, 0.29) is 0 Å². The molecular weight excluding hydrogens is 558 g/mol. The van der Waals surface area contributed by atoms with Crippen LogP contribution in [-0.2, 0) is 11.3 Å². The summed E-state index contributed by atoms with van der Waals surface area (Å²) in [4.78, 5) is 5.18. The van der Waals surface area contributed by atoms with E-state index in [0.717, 1.165) is 56.3 Å². The van der Waals surface area contributed by atoms with Crippen LogP contribution in [0.3, 0.4) is 0 Å². The van der Waals surface area contributed by atoms with Gasteiger partial charge in [0.15, 0.2) is 0 Å². The number of hydrogen-bond donors (Lipinski definition) is 3. The molecule has 4 N–H and O–H groups in total. The van der Waals surface area contributed by atoms with Crippen LogP contribution in [0.15, 0.2) is 42.5 Å². The van der Waals surface area contributed by atoms with E-state index >= 15 is 0 Å². The molecule has 0 aliphatic carbocycles. The van der Waals surface area contributed by atoms with Gasteiger partial charge in [0.05, 0.1) is 19.4 Å². The monoisotopic (exact) mass is 626 g/mol. The lowest BCUT2D eigenvalue weighted by atomic mass is 9.85. The summed E-state index contributed by atoms with van der Waals surface area (Å²) >= 11 is 0. The number of nitrogens with two attached hydrogens (primary N) is 1. The smallest absolute Gasteiger partial charge is 0.119 e. The molecule has 1 atom stereocenters. The molecule has 0 aromatic heterocycles. The molecule has 0 spiro atoms. The number of piperidine rings is 1. The van der Waals surface area contributed by atoms with Crippen molar-refractivity contribution in [2.45, 2.75) is 98.4 Å². The fourth-order valence-corrected chi connectivity index (χ4v) is 5.80. The van der Waals surface area contributed by atoms with E-state index in [1.54, 1.807) is 14.2 Å². The fourth-order valence-electron chi connectivity index (χ4n) is 5.80. The third kappa shape index (κ3) is 15.4. The van der Waals surface area contributed by atoms with Gasteiger partial charge in [-0.25, -0.2) is 0 Å². The number of nitrogens with zero attached hydrogens (tertiary/aromatic N) is 2. The quantitative estimate of drug-likeness (QED) is 0.162. The van der Waals surface area contributed by atoms with E-state index in [0.29, 0.717) is 18.2 Å². The normalized spacial score (nSPS) is 13.6. The van der Waals surface area contributed by atoms with Crippen molar-refractivity contribution in [3.8, 4) is 5.75 Å². The maximum atomic E-state index is 8.48. The molecule has 3 rings (SSSR count). The lowest BCUT2D eigenvalue weighted by Crippen LogP contribution is -2.33. The Morgan fingerprint density at radius 2 is 1.60 bits per heavy atom. The van der Waals surface area contributed by atoms with Crippen LogP contribution in [0.1, 0.15) is 109 Å². The number of anilines is 1. The zero-order chi connectivity index (χ0) is 34.0. The first-order valence-electron chi connectivity index (χ1n) is 17.2. The second-order valence-electron chi connectivity index (χ2n) is 11.7. The number of benzene rings is 2. The first-order chi connectivity index (χ1) is 21.9. The molecule has 7 heteroatoms. The van der Waals surface area contributed by atoms with E-state index < -0.39 is 0 Å². The van der Waals surface area contributed by atoms with Crippen molar-refractivity contribution in [1.82, 2.24) is 4.90 Å². The van der Waals surface area contributed by atoms with Gasteiger partial charge < -0.3 is 30.9 Å². The van der Waals surface area contributed by atoms with Crippen LogP contribution in [0.2, 0.25) is 0 Å². The van der Waals surface area contributed by atoms with Gasteiger partial charge in [-0.05, 0) is 106 Å². The number of rotatable bonds is 16. The third-order valence-electron chi connectivity index (χ3n) is 8.12. The number of methoxy groups -OCH3 is 2. The molecule has 1 saturated heterocycles. The predicted octanol–water partition coefficient (Wildman–Crippen LogP) is 8.78. The summed E-state index contributed by atoms with van der Waals surface area (Å²) in [5.74, 6) is 2.09. The summed E-state index contributed by atoms with van der Waals surface area (Å²) in [5, 5.41) is 14.0. The zero-order valence-electron chi connectivity index (χ0n) is 30.1. The summed E-state index contributed by atoms with van der Waals surface area (Å²) in [6.07, 6.45) is 9.85. The van der Waals surface area contributed by atoms with Crippen molar-refractivity contribution in [3.63, 3.8) is 0 Å². The molecule has 1 unspecified atom stereocenters. The SMILES string of the molecule is C=N.CCC.CCCCC(CC)CN(CCC)c1ccc(CN2CCC(c3cc(OC)ccc3C(=N)COC)CC2)cc1.CN. The maximum Gasteiger partial charge on any atom is 0.119 e. The average molecular weight is 626 g/mol. The van der Waals surface area contributed by atoms with E-state index in [1.165, 1.54) is 68.9 Å². The standard InChI is InChI=1S/C33H51N3O2.C3H8.CH5N.CH3N/c1-6-9-10-26(8-3)24-36(19-7-2)29-13-11-27(12-14-29)23-35-20-17-28(18-21-35)32-22-30(38-5)15-16-31(32)33(34)25-37-4;1-3-2;2*1-2/h11-16,22,26,28,34H,6-10,17-21,23-25H2,1-5H3;3H2,1-2H3;2H2,1H3;2H,1H2. The molecule has 1 fully saturated rings. The molecule has 1 aliphatic heterocycles. The Morgan fingerprint density at radius 1 is 0.978 bits per heavy atom. The Labute approximate surface area is 276 Å². The maximum absolute atomic E-state index is 8.48. The van der Waals surface area contributed by atoms with Gasteiger partial charge in [0.1, 0.15) is 5.75 Å². The third-order valence-corrected chi connectivity index (χ3v) is 8.12. The van der Waals surface area contributed by atoms with Gasteiger partial charge in [0.2, 0.25) is 0 Å². The molecule has 7 nitrogen and oxygen atoms in total. The average Bonchev–Trinajstić information content (AvgIpc) is 3.09. The van der Waals surface area contributed by atoms with E-state index in [9.17, 15) is 0 Å². The fraction of sp³-hybridized carbons (Fsp3) is 0.632. The highest BCUT2D eigenvalue weighted by Gasteiger charge is 2.24. The van der Waals surface area contributed by atoms with Gasteiger partial charge in [-0.3, -0.25) is 4.90 Å². The minimum Gasteiger partial charge on any atom is -0.497 e. The van der Waals surface area contributed by atoms with Crippen LogP contribution < -0.4 is 15.4 Å². The van der Waals surface area contributed by atoms with Crippen molar-refractivity contribution < 1.29 is 9.47 Å². The van der Waals surface area contributed by atoms with Crippen LogP contribution >= 0.6 is 0 Å². The topological polar surface area (TPSA) is 98.7 Å². The number of ether oxygens (including phenoxy) is 2. The molecule has 1 aliphatic rings. The Kier molecular flexibility index (Phi) is 24.9. The van der Waals surface area contributed by atoms with Crippen LogP contribution in [0.5, 0.6) is 5.75 Å². The number of hydrogen-bond acceptors (Lipinski definition) is 7. The second-order valence-corrected chi connectivity index (χ2v) is 11.7. The highest BCUT2D eigenvalue weighted by atomic mass is 16.5. The van der Waals surface area contributed by atoms with Gasteiger partial charge in [-0.2, -0.15) is 0 Å². The molecule has 0 radical (unpaired) electrons. The molecule has 2 aromatic carbocycles. The number of likely N-dealkylation sites (tertiary alicyclic amines) is 1. The highest BCUT2D eigenvalue weighted by Crippen LogP contribution is 2.34. The largest absolute Gasteiger partial charge is 0.497 e.